The van der Waals surface area contributed by atoms with E-state index >= 15 is 0 Å². The van der Waals surface area contributed by atoms with Crippen LogP contribution in [0.5, 0.6) is 0 Å². The minimum atomic E-state index is -3.76. The van der Waals surface area contributed by atoms with E-state index in [4.69, 9.17) is 0 Å². The van der Waals surface area contributed by atoms with Gasteiger partial charge in [-0.1, -0.05) is 13.0 Å². The summed E-state index contributed by atoms with van der Waals surface area (Å²) in [5, 5.41) is 2.02. The molecule has 2 saturated heterocycles. The third-order valence-corrected chi connectivity index (χ3v) is 10.8. The lowest BCUT2D eigenvalue weighted by Gasteiger charge is -2.36. The Kier molecular flexibility index (Phi) is 7.38. The molecule has 0 aliphatic carbocycles. The molecule has 3 heterocycles. The molecule has 1 aromatic heterocycles. The first-order valence-electron chi connectivity index (χ1n) is 11.1. The highest BCUT2D eigenvalue weighted by Gasteiger charge is 2.29. The third kappa shape index (κ3) is 5.26. The molecule has 0 unspecified atom stereocenters. The highest BCUT2D eigenvalue weighted by atomic mass is 32.2. The monoisotopic (exact) mass is 497 g/mol. The largest absolute Gasteiger partial charge is 0.294 e. The van der Waals surface area contributed by atoms with Crippen molar-refractivity contribution in [2.24, 2.45) is 5.92 Å². The van der Waals surface area contributed by atoms with Crippen LogP contribution in [0.1, 0.15) is 43.5 Å². The van der Waals surface area contributed by atoms with Crippen LogP contribution in [-0.4, -0.2) is 58.8 Å². The van der Waals surface area contributed by atoms with Crippen molar-refractivity contribution in [1.29, 1.82) is 0 Å². The van der Waals surface area contributed by atoms with Gasteiger partial charge in [0.2, 0.25) is 20.0 Å². The number of hydrogen-bond acceptors (Lipinski definition) is 6. The molecule has 4 rings (SSSR count). The standard InChI is InChI=1S/C22H31N3O4S3/c1-18-10-14-24(15-11-18)21(22-5-4-16-30-22)17-23-31(26,27)19-6-8-20(9-7-19)32(28,29)25-12-2-3-13-25/h4-9,16,18,21,23H,2-3,10-15,17H2,1H3/t21-/m1/s1. The zero-order valence-electron chi connectivity index (χ0n) is 18.3. The number of hydrogen-bond donors (Lipinski definition) is 1. The molecule has 0 saturated carbocycles. The average molecular weight is 498 g/mol. The minimum absolute atomic E-state index is 0.00732. The Labute approximate surface area is 195 Å². The van der Waals surface area contributed by atoms with Crippen molar-refractivity contribution < 1.29 is 16.8 Å². The van der Waals surface area contributed by atoms with Crippen LogP contribution in [0.25, 0.3) is 0 Å². The maximum absolute atomic E-state index is 13.0. The van der Waals surface area contributed by atoms with Gasteiger partial charge in [0.25, 0.3) is 0 Å². The van der Waals surface area contributed by atoms with Gasteiger partial charge in [0, 0.05) is 24.5 Å². The summed E-state index contributed by atoms with van der Waals surface area (Å²) in [6.45, 7) is 5.48. The van der Waals surface area contributed by atoms with Crippen molar-refractivity contribution in [3.63, 3.8) is 0 Å². The first kappa shape index (κ1) is 23.8. The Hall–Kier alpha value is -1.30. The van der Waals surface area contributed by atoms with Gasteiger partial charge in [0.05, 0.1) is 15.8 Å². The number of nitrogens with one attached hydrogen (secondary N) is 1. The zero-order valence-corrected chi connectivity index (χ0v) is 20.8. The summed E-state index contributed by atoms with van der Waals surface area (Å²) >= 11 is 1.64. The molecular formula is C22H31N3O4S3. The van der Waals surface area contributed by atoms with Crippen LogP contribution in [0.3, 0.4) is 0 Å². The summed E-state index contributed by atoms with van der Waals surface area (Å²) < 4.78 is 55.6. The lowest BCUT2D eigenvalue weighted by Crippen LogP contribution is -2.41. The predicted molar refractivity (Wildman–Crippen MR) is 127 cm³/mol. The summed E-state index contributed by atoms with van der Waals surface area (Å²) in [6.07, 6.45) is 3.94. The van der Waals surface area contributed by atoms with E-state index in [1.54, 1.807) is 11.3 Å². The molecule has 0 amide bonds. The number of rotatable bonds is 8. The molecule has 0 radical (unpaired) electrons. The maximum Gasteiger partial charge on any atom is 0.243 e. The fourth-order valence-electron chi connectivity index (χ4n) is 4.37. The lowest BCUT2D eigenvalue weighted by atomic mass is 9.97. The van der Waals surface area contributed by atoms with Crippen molar-refractivity contribution >= 4 is 31.4 Å². The minimum Gasteiger partial charge on any atom is -0.294 e. The van der Waals surface area contributed by atoms with Gasteiger partial charge in [0.15, 0.2) is 0 Å². The van der Waals surface area contributed by atoms with Crippen molar-refractivity contribution in [1.82, 2.24) is 13.9 Å². The molecule has 1 N–H and O–H groups in total. The molecule has 1 aromatic carbocycles. The number of likely N-dealkylation sites (tertiary alicyclic amines) is 1. The van der Waals surface area contributed by atoms with E-state index in [1.807, 2.05) is 11.4 Å². The number of sulfonamides is 2. The molecule has 2 aromatic rings. The first-order chi connectivity index (χ1) is 15.3. The van der Waals surface area contributed by atoms with Crippen LogP contribution in [0.2, 0.25) is 0 Å². The van der Waals surface area contributed by atoms with Gasteiger partial charge >= 0.3 is 0 Å². The number of benzene rings is 1. The van der Waals surface area contributed by atoms with Gasteiger partial charge in [-0.2, -0.15) is 4.31 Å². The van der Waals surface area contributed by atoms with Gasteiger partial charge in [-0.15, -0.1) is 11.3 Å². The van der Waals surface area contributed by atoms with E-state index in [2.05, 4.69) is 22.6 Å². The summed E-state index contributed by atoms with van der Waals surface area (Å²) in [7, 11) is -7.32. The van der Waals surface area contributed by atoms with E-state index in [0.29, 0.717) is 19.0 Å². The Morgan fingerprint density at radius 2 is 1.59 bits per heavy atom. The van der Waals surface area contributed by atoms with Crippen LogP contribution in [0.15, 0.2) is 51.6 Å². The molecule has 1 atom stereocenters. The summed E-state index contributed by atoms with van der Waals surface area (Å²) in [6, 6.07) is 9.60. The molecule has 2 aliphatic rings. The molecule has 0 spiro atoms. The molecule has 32 heavy (non-hydrogen) atoms. The van der Waals surface area contributed by atoms with E-state index < -0.39 is 20.0 Å². The molecular weight excluding hydrogens is 466 g/mol. The third-order valence-electron chi connectivity index (χ3n) is 6.43. The molecule has 0 bridgehead atoms. The van der Waals surface area contributed by atoms with Gasteiger partial charge in [-0.05, 0) is 80.4 Å². The van der Waals surface area contributed by atoms with Crippen LogP contribution < -0.4 is 4.72 Å². The van der Waals surface area contributed by atoms with Crippen LogP contribution in [0.4, 0.5) is 0 Å². The number of thiophene rings is 1. The molecule has 176 valence electrons. The Balaban J connectivity index is 1.47. The molecule has 10 heteroatoms. The van der Waals surface area contributed by atoms with E-state index in [1.165, 1.54) is 28.6 Å². The van der Waals surface area contributed by atoms with Gasteiger partial charge in [0.1, 0.15) is 0 Å². The Morgan fingerprint density at radius 1 is 0.969 bits per heavy atom. The highest BCUT2D eigenvalue weighted by Crippen LogP contribution is 2.29. The number of nitrogens with zero attached hydrogens (tertiary/aromatic N) is 2. The van der Waals surface area contributed by atoms with Crippen molar-refractivity contribution in [3.05, 3.63) is 46.7 Å². The van der Waals surface area contributed by atoms with E-state index in [0.717, 1.165) is 43.6 Å². The Bertz CT molecular complexity index is 1090. The second kappa shape index (κ2) is 9.90. The normalized spacial score (nSPS) is 20.5. The molecule has 2 fully saturated rings. The van der Waals surface area contributed by atoms with E-state index in [9.17, 15) is 16.8 Å². The average Bonchev–Trinajstić information content (AvgIpc) is 3.50. The molecule has 2 aliphatic heterocycles. The number of piperidine rings is 1. The van der Waals surface area contributed by atoms with E-state index in [-0.39, 0.29) is 22.4 Å². The van der Waals surface area contributed by atoms with Crippen molar-refractivity contribution in [2.75, 3.05) is 32.7 Å². The first-order valence-corrected chi connectivity index (χ1v) is 14.9. The fourth-order valence-corrected chi connectivity index (χ4v) is 7.79. The summed E-state index contributed by atoms with van der Waals surface area (Å²) in [5.74, 6) is 0.697. The van der Waals surface area contributed by atoms with Crippen LogP contribution in [-0.2, 0) is 20.0 Å². The van der Waals surface area contributed by atoms with Gasteiger partial charge < -0.3 is 0 Å². The fraction of sp³-hybridized carbons (Fsp3) is 0.545. The van der Waals surface area contributed by atoms with Crippen molar-refractivity contribution in [2.45, 2.75) is 48.4 Å². The topological polar surface area (TPSA) is 86.8 Å². The smallest absolute Gasteiger partial charge is 0.243 e. The quantitative estimate of drug-likeness (QED) is 0.605. The lowest BCUT2D eigenvalue weighted by molar-refractivity contribution is 0.141. The second-order valence-electron chi connectivity index (χ2n) is 8.68. The predicted octanol–water partition coefficient (Wildman–Crippen LogP) is 3.28. The highest BCUT2D eigenvalue weighted by molar-refractivity contribution is 7.89. The maximum atomic E-state index is 13.0. The zero-order chi connectivity index (χ0) is 22.8. The SMILES string of the molecule is CC1CCN([C@H](CNS(=O)(=O)c2ccc(S(=O)(=O)N3CCCC3)cc2)c2cccs2)CC1. The Morgan fingerprint density at radius 3 is 2.19 bits per heavy atom. The molecule has 7 nitrogen and oxygen atoms in total. The second-order valence-corrected chi connectivity index (χ2v) is 13.4. The van der Waals surface area contributed by atoms with Gasteiger partial charge in [-0.25, -0.2) is 21.6 Å². The summed E-state index contributed by atoms with van der Waals surface area (Å²) in [4.78, 5) is 3.72. The van der Waals surface area contributed by atoms with Crippen LogP contribution >= 0.6 is 11.3 Å². The van der Waals surface area contributed by atoms with Crippen molar-refractivity contribution in [3.8, 4) is 0 Å². The summed E-state index contributed by atoms with van der Waals surface area (Å²) in [5.41, 5.74) is 0. The van der Waals surface area contributed by atoms with Gasteiger partial charge in [-0.3, -0.25) is 4.90 Å². The van der Waals surface area contributed by atoms with Crippen LogP contribution in [0, 0.1) is 5.92 Å².